The molecule has 0 aliphatic rings. The minimum absolute atomic E-state index is 0.430. The number of methoxy groups -OCH3 is 1. The zero-order valence-electron chi connectivity index (χ0n) is 8.10. The summed E-state index contributed by atoms with van der Waals surface area (Å²) < 4.78 is 6.17. The summed E-state index contributed by atoms with van der Waals surface area (Å²) in [5.41, 5.74) is 1.07. The van der Waals surface area contributed by atoms with Gasteiger partial charge in [-0.1, -0.05) is 15.9 Å². The van der Waals surface area contributed by atoms with Gasteiger partial charge in [-0.2, -0.15) is 0 Å². The van der Waals surface area contributed by atoms with Gasteiger partial charge in [0.2, 0.25) is 0 Å². The molecular formula is C10H14BrNO. The van der Waals surface area contributed by atoms with Crippen molar-refractivity contribution in [2.45, 2.75) is 19.9 Å². The van der Waals surface area contributed by atoms with E-state index in [1.54, 1.807) is 7.11 Å². The largest absolute Gasteiger partial charge is 0.497 e. The lowest BCUT2D eigenvalue weighted by Gasteiger charge is -2.11. The summed E-state index contributed by atoms with van der Waals surface area (Å²) in [6.07, 6.45) is 0. The minimum Gasteiger partial charge on any atom is -0.497 e. The average molecular weight is 244 g/mol. The molecule has 0 atom stereocenters. The molecule has 0 aromatic heterocycles. The quantitative estimate of drug-likeness (QED) is 0.880. The van der Waals surface area contributed by atoms with Crippen LogP contribution in [0.1, 0.15) is 13.8 Å². The normalized spacial score (nSPS) is 10.2. The SMILES string of the molecule is COc1cc(Br)cc(NC(C)C)c1. The lowest BCUT2D eigenvalue weighted by Crippen LogP contribution is -2.09. The van der Waals surface area contributed by atoms with E-state index in [1.807, 2.05) is 18.2 Å². The van der Waals surface area contributed by atoms with Crippen LogP contribution < -0.4 is 10.1 Å². The maximum atomic E-state index is 5.15. The smallest absolute Gasteiger partial charge is 0.122 e. The Morgan fingerprint density at radius 2 is 2.00 bits per heavy atom. The molecule has 0 unspecified atom stereocenters. The maximum absolute atomic E-state index is 5.15. The first-order valence-corrected chi connectivity index (χ1v) is 5.02. The maximum Gasteiger partial charge on any atom is 0.122 e. The molecule has 0 bridgehead atoms. The van der Waals surface area contributed by atoms with Crippen molar-refractivity contribution in [3.63, 3.8) is 0 Å². The van der Waals surface area contributed by atoms with Crippen molar-refractivity contribution in [3.05, 3.63) is 22.7 Å². The fraction of sp³-hybridized carbons (Fsp3) is 0.400. The van der Waals surface area contributed by atoms with Gasteiger partial charge in [0.15, 0.2) is 0 Å². The summed E-state index contributed by atoms with van der Waals surface area (Å²) in [5, 5.41) is 3.31. The van der Waals surface area contributed by atoms with Gasteiger partial charge >= 0.3 is 0 Å². The molecule has 1 aromatic carbocycles. The van der Waals surface area contributed by atoms with Crippen molar-refractivity contribution in [1.82, 2.24) is 0 Å². The van der Waals surface area contributed by atoms with Gasteiger partial charge in [0.1, 0.15) is 5.75 Å². The lowest BCUT2D eigenvalue weighted by molar-refractivity contribution is 0.414. The van der Waals surface area contributed by atoms with Gasteiger partial charge in [-0.3, -0.25) is 0 Å². The topological polar surface area (TPSA) is 21.3 Å². The molecule has 1 N–H and O–H groups in total. The van der Waals surface area contributed by atoms with Gasteiger partial charge in [-0.05, 0) is 26.0 Å². The molecule has 0 saturated carbocycles. The van der Waals surface area contributed by atoms with Crippen LogP contribution in [0.2, 0.25) is 0 Å². The molecule has 0 heterocycles. The Balaban J connectivity index is 2.88. The van der Waals surface area contributed by atoms with Crippen LogP contribution in [0, 0.1) is 0 Å². The number of hydrogen-bond donors (Lipinski definition) is 1. The summed E-state index contributed by atoms with van der Waals surface area (Å²) >= 11 is 3.42. The van der Waals surface area contributed by atoms with Crippen LogP contribution in [-0.2, 0) is 0 Å². The van der Waals surface area contributed by atoms with Crippen LogP contribution in [0.25, 0.3) is 0 Å². The fourth-order valence-corrected chi connectivity index (χ4v) is 1.57. The summed E-state index contributed by atoms with van der Waals surface area (Å²) in [6.45, 7) is 4.21. The summed E-state index contributed by atoms with van der Waals surface area (Å²) in [5.74, 6) is 0.859. The molecule has 3 heteroatoms. The van der Waals surface area contributed by atoms with Crippen molar-refractivity contribution in [2.24, 2.45) is 0 Å². The molecule has 0 aliphatic carbocycles. The van der Waals surface area contributed by atoms with Crippen LogP contribution in [0.5, 0.6) is 5.75 Å². The van der Waals surface area contributed by atoms with Crippen molar-refractivity contribution < 1.29 is 4.74 Å². The van der Waals surface area contributed by atoms with Crippen LogP contribution >= 0.6 is 15.9 Å². The third-order valence-corrected chi connectivity index (χ3v) is 2.02. The molecule has 0 aliphatic heterocycles. The van der Waals surface area contributed by atoms with Gasteiger partial charge in [0, 0.05) is 22.3 Å². The van der Waals surface area contributed by atoms with E-state index in [4.69, 9.17) is 4.74 Å². The number of anilines is 1. The van der Waals surface area contributed by atoms with E-state index in [9.17, 15) is 0 Å². The second kappa shape index (κ2) is 4.51. The Kier molecular flexibility index (Phi) is 3.60. The highest BCUT2D eigenvalue weighted by Crippen LogP contribution is 2.24. The zero-order chi connectivity index (χ0) is 9.84. The highest BCUT2D eigenvalue weighted by atomic mass is 79.9. The van der Waals surface area contributed by atoms with Gasteiger partial charge in [0.05, 0.1) is 7.11 Å². The van der Waals surface area contributed by atoms with Crippen molar-refractivity contribution in [1.29, 1.82) is 0 Å². The summed E-state index contributed by atoms with van der Waals surface area (Å²) in [4.78, 5) is 0. The number of rotatable bonds is 3. The third-order valence-electron chi connectivity index (χ3n) is 1.56. The molecular weight excluding hydrogens is 230 g/mol. The first-order valence-electron chi connectivity index (χ1n) is 4.23. The zero-order valence-corrected chi connectivity index (χ0v) is 9.68. The Bertz CT molecular complexity index is 286. The van der Waals surface area contributed by atoms with Crippen LogP contribution in [-0.4, -0.2) is 13.2 Å². The van der Waals surface area contributed by atoms with E-state index in [2.05, 4.69) is 35.1 Å². The van der Waals surface area contributed by atoms with E-state index in [0.29, 0.717) is 6.04 Å². The van der Waals surface area contributed by atoms with Crippen molar-refractivity contribution in [3.8, 4) is 5.75 Å². The Labute approximate surface area is 87.4 Å². The molecule has 72 valence electrons. The van der Waals surface area contributed by atoms with Crippen molar-refractivity contribution >= 4 is 21.6 Å². The average Bonchev–Trinajstić information content (AvgIpc) is 2.01. The van der Waals surface area contributed by atoms with Crippen LogP contribution in [0.3, 0.4) is 0 Å². The first kappa shape index (κ1) is 10.4. The van der Waals surface area contributed by atoms with E-state index in [-0.39, 0.29) is 0 Å². The minimum atomic E-state index is 0.430. The molecule has 0 radical (unpaired) electrons. The van der Waals surface area contributed by atoms with Gasteiger partial charge in [-0.15, -0.1) is 0 Å². The number of ether oxygens (including phenoxy) is 1. The van der Waals surface area contributed by atoms with Gasteiger partial charge in [-0.25, -0.2) is 0 Å². The van der Waals surface area contributed by atoms with Gasteiger partial charge < -0.3 is 10.1 Å². The molecule has 1 rings (SSSR count). The fourth-order valence-electron chi connectivity index (χ4n) is 1.10. The highest BCUT2D eigenvalue weighted by Gasteiger charge is 2.00. The van der Waals surface area contributed by atoms with Crippen molar-refractivity contribution in [2.75, 3.05) is 12.4 Å². The van der Waals surface area contributed by atoms with E-state index in [1.165, 1.54) is 0 Å². The standard InChI is InChI=1S/C10H14BrNO/c1-7(2)12-9-4-8(11)5-10(6-9)13-3/h4-7,12H,1-3H3. The number of benzene rings is 1. The monoisotopic (exact) mass is 243 g/mol. The molecule has 0 saturated heterocycles. The number of halogens is 1. The Hall–Kier alpha value is -0.700. The predicted octanol–water partition coefficient (Wildman–Crippen LogP) is 3.28. The van der Waals surface area contributed by atoms with E-state index < -0.39 is 0 Å². The lowest BCUT2D eigenvalue weighted by atomic mass is 10.2. The predicted molar refractivity (Wildman–Crippen MR) is 59.5 cm³/mol. The van der Waals surface area contributed by atoms with Gasteiger partial charge in [0.25, 0.3) is 0 Å². The molecule has 2 nitrogen and oxygen atoms in total. The Morgan fingerprint density at radius 1 is 1.31 bits per heavy atom. The molecule has 0 spiro atoms. The molecule has 13 heavy (non-hydrogen) atoms. The third kappa shape index (κ3) is 3.27. The molecule has 0 fully saturated rings. The van der Waals surface area contributed by atoms with Crippen LogP contribution in [0.15, 0.2) is 22.7 Å². The summed E-state index contributed by atoms with van der Waals surface area (Å²) in [6, 6.07) is 6.37. The molecule has 1 aromatic rings. The number of nitrogens with one attached hydrogen (secondary N) is 1. The van der Waals surface area contributed by atoms with Crippen LogP contribution in [0.4, 0.5) is 5.69 Å². The number of hydrogen-bond acceptors (Lipinski definition) is 2. The summed E-state index contributed by atoms with van der Waals surface area (Å²) in [7, 11) is 1.67. The molecule has 0 amide bonds. The second-order valence-corrected chi connectivity index (χ2v) is 4.09. The second-order valence-electron chi connectivity index (χ2n) is 3.18. The van der Waals surface area contributed by atoms with E-state index >= 15 is 0 Å². The highest BCUT2D eigenvalue weighted by molar-refractivity contribution is 9.10. The first-order chi connectivity index (χ1) is 6.11. The Morgan fingerprint density at radius 3 is 2.54 bits per heavy atom. The van der Waals surface area contributed by atoms with E-state index in [0.717, 1.165) is 15.9 Å².